The zero-order valence-corrected chi connectivity index (χ0v) is 13.6. The van der Waals surface area contributed by atoms with Crippen molar-refractivity contribution in [3.63, 3.8) is 0 Å². The maximum absolute atomic E-state index is 5.86. The van der Waals surface area contributed by atoms with Crippen LogP contribution in [-0.4, -0.2) is 13.2 Å². The summed E-state index contributed by atoms with van der Waals surface area (Å²) < 4.78 is 11.4. The summed E-state index contributed by atoms with van der Waals surface area (Å²) in [6.07, 6.45) is 0. The van der Waals surface area contributed by atoms with E-state index in [0.717, 1.165) is 30.3 Å². The number of para-hydroxylation sites is 2. The lowest BCUT2D eigenvalue weighted by Crippen LogP contribution is -2.07. The Labute approximate surface area is 133 Å². The standard InChI is InChI=1S/C19H25NO2/c1-4-21-17-9-7-8-16(12-17)13-20-18-10-5-6-11-19(18)22-14-15(2)3/h5-12,15,20H,4,13-14H2,1-3H3. The van der Waals surface area contributed by atoms with Crippen LogP contribution in [0.1, 0.15) is 26.3 Å². The topological polar surface area (TPSA) is 30.5 Å². The molecule has 0 aliphatic heterocycles. The third-order valence-corrected chi connectivity index (χ3v) is 3.15. The van der Waals surface area contributed by atoms with Gasteiger partial charge in [0.15, 0.2) is 0 Å². The molecule has 0 saturated heterocycles. The summed E-state index contributed by atoms with van der Waals surface area (Å²) in [6, 6.07) is 16.2. The number of benzene rings is 2. The number of anilines is 1. The first-order valence-corrected chi connectivity index (χ1v) is 7.86. The summed E-state index contributed by atoms with van der Waals surface area (Å²) in [6.45, 7) is 8.43. The maximum Gasteiger partial charge on any atom is 0.142 e. The van der Waals surface area contributed by atoms with Crippen LogP contribution in [0.4, 0.5) is 5.69 Å². The number of hydrogen-bond donors (Lipinski definition) is 1. The monoisotopic (exact) mass is 299 g/mol. The summed E-state index contributed by atoms with van der Waals surface area (Å²) in [4.78, 5) is 0. The molecule has 3 nitrogen and oxygen atoms in total. The first kappa shape index (κ1) is 16.2. The van der Waals surface area contributed by atoms with Gasteiger partial charge in [0.25, 0.3) is 0 Å². The van der Waals surface area contributed by atoms with Gasteiger partial charge in [-0.15, -0.1) is 0 Å². The molecule has 0 aliphatic carbocycles. The van der Waals surface area contributed by atoms with Gasteiger partial charge < -0.3 is 14.8 Å². The molecule has 0 fully saturated rings. The Hall–Kier alpha value is -2.16. The molecule has 0 amide bonds. The fourth-order valence-corrected chi connectivity index (χ4v) is 2.10. The lowest BCUT2D eigenvalue weighted by molar-refractivity contribution is 0.272. The van der Waals surface area contributed by atoms with Crippen molar-refractivity contribution in [1.82, 2.24) is 0 Å². The zero-order chi connectivity index (χ0) is 15.8. The van der Waals surface area contributed by atoms with Crippen molar-refractivity contribution in [3.05, 3.63) is 54.1 Å². The van der Waals surface area contributed by atoms with Crippen LogP contribution in [0.25, 0.3) is 0 Å². The van der Waals surface area contributed by atoms with E-state index >= 15 is 0 Å². The van der Waals surface area contributed by atoms with Crippen LogP contribution in [0, 0.1) is 5.92 Å². The Morgan fingerprint density at radius 2 is 1.82 bits per heavy atom. The van der Waals surface area contributed by atoms with Crippen LogP contribution in [-0.2, 0) is 6.54 Å². The van der Waals surface area contributed by atoms with Crippen LogP contribution in [0.2, 0.25) is 0 Å². The molecule has 0 aliphatic rings. The summed E-state index contributed by atoms with van der Waals surface area (Å²) in [5, 5.41) is 3.44. The van der Waals surface area contributed by atoms with Gasteiger partial charge in [-0.2, -0.15) is 0 Å². The molecule has 0 radical (unpaired) electrons. The predicted molar refractivity (Wildman–Crippen MR) is 91.7 cm³/mol. The molecule has 2 aromatic carbocycles. The Morgan fingerprint density at radius 1 is 1.00 bits per heavy atom. The van der Waals surface area contributed by atoms with Crippen molar-refractivity contribution < 1.29 is 9.47 Å². The lowest BCUT2D eigenvalue weighted by Gasteiger charge is -2.15. The molecule has 0 heterocycles. The highest BCUT2D eigenvalue weighted by molar-refractivity contribution is 5.56. The largest absolute Gasteiger partial charge is 0.494 e. The summed E-state index contributed by atoms with van der Waals surface area (Å²) in [5.74, 6) is 2.32. The fraction of sp³-hybridized carbons (Fsp3) is 0.368. The van der Waals surface area contributed by atoms with Crippen LogP contribution in [0.5, 0.6) is 11.5 Å². The number of ether oxygens (including phenoxy) is 2. The molecule has 22 heavy (non-hydrogen) atoms. The Balaban J connectivity index is 2.00. The molecule has 3 heteroatoms. The molecule has 0 aromatic heterocycles. The average Bonchev–Trinajstić information content (AvgIpc) is 2.52. The minimum atomic E-state index is 0.510. The number of hydrogen-bond acceptors (Lipinski definition) is 3. The van der Waals surface area contributed by atoms with Gasteiger partial charge in [0.1, 0.15) is 11.5 Å². The third-order valence-electron chi connectivity index (χ3n) is 3.15. The van der Waals surface area contributed by atoms with E-state index in [0.29, 0.717) is 12.5 Å². The minimum Gasteiger partial charge on any atom is -0.494 e. The van der Waals surface area contributed by atoms with Crippen molar-refractivity contribution >= 4 is 5.69 Å². The van der Waals surface area contributed by atoms with E-state index in [1.165, 1.54) is 5.56 Å². The molecule has 118 valence electrons. The first-order chi connectivity index (χ1) is 10.7. The van der Waals surface area contributed by atoms with Gasteiger partial charge in [-0.25, -0.2) is 0 Å². The van der Waals surface area contributed by atoms with Gasteiger partial charge in [0.05, 0.1) is 18.9 Å². The van der Waals surface area contributed by atoms with Crippen molar-refractivity contribution in [1.29, 1.82) is 0 Å². The molecule has 1 N–H and O–H groups in total. The Bertz CT molecular complexity index is 581. The van der Waals surface area contributed by atoms with E-state index in [1.807, 2.05) is 43.3 Å². The van der Waals surface area contributed by atoms with Gasteiger partial charge in [0.2, 0.25) is 0 Å². The van der Waals surface area contributed by atoms with Crippen LogP contribution in [0.3, 0.4) is 0 Å². The van der Waals surface area contributed by atoms with Crippen LogP contribution < -0.4 is 14.8 Å². The summed E-state index contributed by atoms with van der Waals surface area (Å²) in [7, 11) is 0. The minimum absolute atomic E-state index is 0.510. The number of rotatable bonds is 8. The maximum atomic E-state index is 5.86. The van der Waals surface area contributed by atoms with E-state index in [4.69, 9.17) is 9.47 Å². The molecule has 2 aromatic rings. The Kier molecular flexibility index (Phi) is 6.13. The van der Waals surface area contributed by atoms with Crippen LogP contribution in [0.15, 0.2) is 48.5 Å². The van der Waals surface area contributed by atoms with Gasteiger partial charge in [0, 0.05) is 6.54 Å². The second kappa shape index (κ2) is 8.32. The lowest BCUT2D eigenvalue weighted by atomic mass is 10.2. The molecular weight excluding hydrogens is 274 g/mol. The smallest absolute Gasteiger partial charge is 0.142 e. The van der Waals surface area contributed by atoms with Crippen molar-refractivity contribution in [2.24, 2.45) is 5.92 Å². The molecule has 2 rings (SSSR count). The molecular formula is C19H25NO2. The van der Waals surface area contributed by atoms with E-state index in [-0.39, 0.29) is 0 Å². The van der Waals surface area contributed by atoms with E-state index < -0.39 is 0 Å². The predicted octanol–water partition coefficient (Wildman–Crippen LogP) is 4.73. The molecule has 0 unspecified atom stereocenters. The quantitative estimate of drug-likeness (QED) is 0.764. The highest BCUT2D eigenvalue weighted by Crippen LogP contribution is 2.25. The van der Waals surface area contributed by atoms with Crippen molar-refractivity contribution in [2.75, 3.05) is 18.5 Å². The first-order valence-electron chi connectivity index (χ1n) is 7.86. The van der Waals surface area contributed by atoms with E-state index in [2.05, 4.69) is 31.3 Å². The fourth-order valence-electron chi connectivity index (χ4n) is 2.10. The SMILES string of the molecule is CCOc1cccc(CNc2ccccc2OCC(C)C)c1. The molecule has 0 atom stereocenters. The van der Waals surface area contributed by atoms with Gasteiger partial charge >= 0.3 is 0 Å². The van der Waals surface area contributed by atoms with Gasteiger partial charge in [-0.05, 0) is 42.7 Å². The van der Waals surface area contributed by atoms with Crippen LogP contribution >= 0.6 is 0 Å². The van der Waals surface area contributed by atoms with Crippen molar-refractivity contribution in [3.8, 4) is 11.5 Å². The molecule has 0 spiro atoms. The highest BCUT2D eigenvalue weighted by atomic mass is 16.5. The third kappa shape index (κ3) is 4.99. The second-order valence-corrected chi connectivity index (χ2v) is 5.63. The van der Waals surface area contributed by atoms with E-state index in [1.54, 1.807) is 0 Å². The molecule has 0 bridgehead atoms. The normalized spacial score (nSPS) is 10.5. The summed E-state index contributed by atoms with van der Waals surface area (Å²) in [5.41, 5.74) is 2.20. The zero-order valence-electron chi connectivity index (χ0n) is 13.6. The Morgan fingerprint density at radius 3 is 2.59 bits per heavy atom. The van der Waals surface area contributed by atoms with E-state index in [9.17, 15) is 0 Å². The highest BCUT2D eigenvalue weighted by Gasteiger charge is 2.04. The average molecular weight is 299 g/mol. The van der Waals surface area contributed by atoms with Gasteiger partial charge in [-0.3, -0.25) is 0 Å². The molecule has 0 saturated carbocycles. The van der Waals surface area contributed by atoms with Crippen molar-refractivity contribution in [2.45, 2.75) is 27.3 Å². The summed E-state index contributed by atoms with van der Waals surface area (Å²) >= 11 is 0. The number of nitrogens with one attached hydrogen (secondary N) is 1. The second-order valence-electron chi connectivity index (χ2n) is 5.63. The van der Waals surface area contributed by atoms with Gasteiger partial charge in [-0.1, -0.05) is 38.1 Å².